The van der Waals surface area contributed by atoms with Crippen LogP contribution in [0.1, 0.15) is 54.7 Å². The molecular formula is C23H28N2O3. The third-order valence-corrected chi connectivity index (χ3v) is 5.44. The van der Waals surface area contributed by atoms with Crippen LogP contribution >= 0.6 is 0 Å². The number of nitrogens with zero attached hydrogens (tertiary/aromatic N) is 1. The van der Waals surface area contributed by atoms with Crippen LogP contribution in [0.15, 0.2) is 48.5 Å². The standard InChI is InChI=1S/C23H28N2O3/c1-2-3-14-25-22(24-20-12-6-4-10-18(20)23(25)26)19-11-5-7-13-21(19)28-16-17-9-8-15-27-17/h4-7,10-13,17,22,24H,2-3,8-9,14-16H2,1H3. The van der Waals surface area contributed by atoms with Crippen LogP contribution in [0.2, 0.25) is 0 Å². The number of benzene rings is 2. The van der Waals surface area contributed by atoms with Crippen molar-refractivity contribution in [2.75, 3.05) is 25.1 Å². The van der Waals surface area contributed by atoms with Crippen molar-refractivity contribution in [2.45, 2.75) is 44.9 Å². The second-order valence-corrected chi connectivity index (χ2v) is 7.43. The van der Waals surface area contributed by atoms with Crippen LogP contribution in [0.25, 0.3) is 0 Å². The molecule has 0 aromatic heterocycles. The van der Waals surface area contributed by atoms with Crippen LogP contribution in [-0.4, -0.2) is 36.7 Å². The fourth-order valence-electron chi connectivity index (χ4n) is 3.89. The molecule has 0 radical (unpaired) electrons. The fourth-order valence-corrected chi connectivity index (χ4v) is 3.89. The number of ether oxygens (including phenoxy) is 2. The van der Waals surface area contributed by atoms with Crippen LogP contribution < -0.4 is 10.1 Å². The molecule has 5 nitrogen and oxygen atoms in total. The number of rotatable bonds is 7. The maximum Gasteiger partial charge on any atom is 0.257 e. The lowest BCUT2D eigenvalue weighted by Gasteiger charge is -2.38. The van der Waals surface area contributed by atoms with Gasteiger partial charge in [-0.05, 0) is 37.5 Å². The first-order valence-electron chi connectivity index (χ1n) is 10.3. The van der Waals surface area contributed by atoms with Gasteiger partial charge in [0.05, 0.1) is 11.7 Å². The Morgan fingerprint density at radius 1 is 1.18 bits per heavy atom. The molecule has 28 heavy (non-hydrogen) atoms. The molecule has 5 heteroatoms. The highest BCUT2D eigenvalue weighted by molar-refractivity contribution is 6.01. The van der Waals surface area contributed by atoms with Crippen LogP contribution in [0.4, 0.5) is 5.69 Å². The van der Waals surface area contributed by atoms with Crippen molar-refractivity contribution in [1.29, 1.82) is 0 Å². The van der Waals surface area contributed by atoms with Crippen LogP contribution in [-0.2, 0) is 4.74 Å². The number of carbonyl (C=O) groups excluding carboxylic acids is 1. The molecule has 2 aromatic carbocycles. The van der Waals surface area contributed by atoms with Crippen molar-refractivity contribution in [3.8, 4) is 5.75 Å². The molecule has 148 valence electrons. The molecule has 1 fully saturated rings. The van der Waals surface area contributed by atoms with Gasteiger partial charge in [-0.3, -0.25) is 4.79 Å². The Labute approximate surface area is 166 Å². The van der Waals surface area contributed by atoms with E-state index >= 15 is 0 Å². The molecule has 0 aliphatic carbocycles. The van der Waals surface area contributed by atoms with E-state index in [1.54, 1.807) is 0 Å². The smallest absolute Gasteiger partial charge is 0.257 e. The molecule has 4 rings (SSSR count). The molecule has 2 unspecified atom stereocenters. The molecular weight excluding hydrogens is 352 g/mol. The van der Waals surface area contributed by atoms with Gasteiger partial charge < -0.3 is 19.7 Å². The first-order valence-corrected chi connectivity index (χ1v) is 10.3. The lowest BCUT2D eigenvalue weighted by molar-refractivity contribution is 0.0634. The monoisotopic (exact) mass is 380 g/mol. The first-order chi connectivity index (χ1) is 13.8. The van der Waals surface area contributed by atoms with E-state index in [0.717, 1.165) is 54.9 Å². The van der Waals surface area contributed by atoms with Gasteiger partial charge in [0.15, 0.2) is 0 Å². The van der Waals surface area contributed by atoms with Crippen molar-refractivity contribution in [1.82, 2.24) is 4.90 Å². The van der Waals surface area contributed by atoms with Crippen LogP contribution in [0.5, 0.6) is 5.75 Å². The summed E-state index contributed by atoms with van der Waals surface area (Å²) in [5.41, 5.74) is 2.59. The Hall–Kier alpha value is -2.53. The molecule has 0 spiro atoms. The number of anilines is 1. The quantitative estimate of drug-likeness (QED) is 0.762. The minimum atomic E-state index is -0.241. The predicted molar refractivity (Wildman–Crippen MR) is 110 cm³/mol. The van der Waals surface area contributed by atoms with Crippen LogP contribution in [0, 0.1) is 0 Å². The van der Waals surface area contributed by atoms with E-state index < -0.39 is 0 Å². The highest BCUT2D eigenvalue weighted by Crippen LogP contribution is 2.37. The number of hydrogen-bond donors (Lipinski definition) is 1. The maximum absolute atomic E-state index is 13.2. The number of unbranched alkanes of at least 4 members (excludes halogenated alkanes) is 1. The summed E-state index contributed by atoms with van der Waals surface area (Å²) in [6, 6.07) is 15.7. The Morgan fingerprint density at radius 2 is 2.00 bits per heavy atom. The SMILES string of the molecule is CCCCN1C(=O)c2ccccc2NC1c1ccccc1OCC1CCCO1. The summed E-state index contributed by atoms with van der Waals surface area (Å²) >= 11 is 0. The van der Waals surface area contributed by atoms with Gasteiger partial charge in [-0.15, -0.1) is 0 Å². The van der Waals surface area contributed by atoms with Gasteiger partial charge in [0, 0.05) is 24.4 Å². The Morgan fingerprint density at radius 3 is 2.82 bits per heavy atom. The zero-order valence-corrected chi connectivity index (χ0v) is 16.4. The number of fused-ring (bicyclic) bond motifs is 1. The fraction of sp³-hybridized carbons (Fsp3) is 0.435. The molecule has 1 N–H and O–H groups in total. The summed E-state index contributed by atoms with van der Waals surface area (Å²) in [4.78, 5) is 15.1. The summed E-state index contributed by atoms with van der Waals surface area (Å²) in [6.07, 6.45) is 4.05. The second kappa shape index (κ2) is 8.65. The Kier molecular flexibility index (Phi) is 5.81. The summed E-state index contributed by atoms with van der Waals surface area (Å²) in [7, 11) is 0. The third kappa shape index (κ3) is 3.85. The topological polar surface area (TPSA) is 50.8 Å². The van der Waals surface area contributed by atoms with Crippen molar-refractivity contribution in [3.05, 3.63) is 59.7 Å². The molecule has 0 saturated carbocycles. The van der Waals surface area contributed by atoms with Crippen molar-refractivity contribution < 1.29 is 14.3 Å². The van der Waals surface area contributed by atoms with Crippen molar-refractivity contribution in [3.63, 3.8) is 0 Å². The summed E-state index contributed by atoms with van der Waals surface area (Å²) < 4.78 is 11.8. The molecule has 2 heterocycles. The number of nitrogens with one attached hydrogen (secondary N) is 1. The molecule has 0 bridgehead atoms. The average molecular weight is 380 g/mol. The Balaban J connectivity index is 1.63. The zero-order chi connectivity index (χ0) is 19.3. The molecule has 2 aliphatic rings. The van der Waals surface area contributed by atoms with E-state index in [9.17, 15) is 4.79 Å². The molecule has 2 atom stereocenters. The predicted octanol–water partition coefficient (Wildman–Crippen LogP) is 4.61. The number of para-hydroxylation sites is 2. The lowest BCUT2D eigenvalue weighted by Crippen LogP contribution is -2.43. The van der Waals surface area contributed by atoms with E-state index in [2.05, 4.69) is 12.2 Å². The summed E-state index contributed by atoms with van der Waals surface area (Å²) in [5, 5.41) is 3.56. The average Bonchev–Trinajstić information content (AvgIpc) is 3.25. The van der Waals surface area contributed by atoms with E-state index in [-0.39, 0.29) is 18.2 Å². The zero-order valence-electron chi connectivity index (χ0n) is 16.4. The molecule has 2 aromatic rings. The molecule has 1 amide bonds. The highest BCUT2D eigenvalue weighted by atomic mass is 16.5. The van der Waals surface area contributed by atoms with E-state index in [4.69, 9.17) is 9.47 Å². The summed E-state index contributed by atoms with van der Waals surface area (Å²) in [5.74, 6) is 0.880. The van der Waals surface area contributed by atoms with Crippen molar-refractivity contribution >= 4 is 11.6 Å². The second-order valence-electron chi connectivity index (χ2n) is 7.43. The number of carbonyl (C=O) groups is 1. The van der Waals surface area contributed by atoms with Crippen molar-refractivity contribution in [2.24, 2.45) is 0 Å². The molecule has 1 saturated heterocycles. The minimum absolute atomic E-state index is 0.0710. The Bertz CT molecular complexity index is 817. The highest BCUT2D eigenvalue weighted by Gasteiger charge is 2.34. The van der Waals surface area contributed by atoms with Gasteiger partial charge in [-0.25, -0.2) is 0 Å². The summed E-state index contributed by atoms with van der Waals surface area (Å²) in [6.45, 7) is 4.21. The minimum Gasteiger partial charge on any atom is -0.490 e. The van der Waals surface area contributed by atoms with Crippen LogP contribution in [0.3, 0.4) is 0 Å². The largest absolute Gasteiger partial charge is 0.490 e. The van der Waals surface area contributed by atoms with E-state index in [1.807, 2.05) is 53.4 Å². The molecule has 2 aliphatic heterocycles. The van der Waals surface area contributed by atoms with E-state index in [0.29, 0.717) is 13.2 Å². The van der Waals surface area contributed by atoms with Gasteiger partial charge in [-0.2, -0.15) is 0 Å². The van der Waals surface area contributed by atoms with Gasteiger partial charge in [0.1, 0.15) is 18.5 Å². The van der Waals surface area contributed by atoms with Gasteiger partial charge in [-0.1, -0.05) is 43.7 Å². The number of hydrogen-bond acceptors (Lipinski definition) is 4. The van der Waals surface area contributed by atoms with Gasteiger partial charge in [0.2, 0.25) is 0 Å². The van der Waals surface area contributed by atoms with E-state index in [1.165, 1.54) is 0 Å². The number of amides is 1. The maximum atomic E-state index is 13.2. The van der Waals surface area contributed by atoms with Gasteiger partial charge >= 0.3 is 0 Å². The first kappa shape index (κ1) is 18.8. The third-order valence-electron chi connectivity index (χ3n) is 5.44. The van der Waals surface area contributed by atoms with Gasteiger partial charge in [0.25, 0.3) is 5.91 Å². The normalized spacial score (nSPS) is 21.3. The lowest BCUT2D eigenvalue weighted by atomic mass is 10.0.